The summed E-state index contributed by atoms with van der Waals surface area (Å²) >= 11 is 0. The van der Waals surface area contributed by atoms with Gasteiger partial charge >= 0.3 is 0 Å². The summed E-state index contributed by atoms with van der Waals surface area (Å²) in [5.41, 5.74) is 4.82. The number of nitrogens with one attached hydrogen (secondary N) is 2. The van der Waals surface area contributed by atoms with Crippen molar-refractivity contribution in [2.45, 2.75) is 39.3 Å². The van der Waals surface area contributed by atoms with Crippen molar-refractivity contribution in [2.24, 2.45) is 4.99 Å². The maximum Gasteiger partial charge on any atom is 0.191 e. The third-order valence-corrected chi connectivity index (χ3v) is 5.16. The molecule has 0 radical (unpaired) electrons. The first kappa shape index (κ1) is 26.8. The predicted molar refractivity (Wildman–Crippen MR) is 145 cm³/mol. The molecular formula is C25H35IN6O. The normalized spacial score (nSPS) is 11.2. The van der Waals surface area contributed by atoms with Crippen molar-refractivity contribution < 1.29 is 4.74 Å². The Kier molecular flexibility index (Phi) is 12.5. The fourth-order valence-corrected chi connectivity index (χ4v) is 3.38. The van der Waals surface area contributed by atoms with E-state index in [1.54, 1.807) is 19.7 Å². The largest absolute Gasteiger partial charge is 0.381 e. The quantitative estimate of drug-likeness (QED) is 0.147. The van der Waals surface area contributed by atoms with Crippen LogP contribution in [-0.2, 0) is 17.8 Å². The zero-order valence-electron chi connectivity index (χ0n) is 19.5. The third kappa shape index (κ3) is 9.13. The van der Waals surface area contributed by atoms with Crippen molar-refractivity contribution in [3.05, 3.63) is 72.3 Å². The van der Waals surface area contributed by atoms with Crippen LogP contribution in [-0.4, -0.2) is 47.5 Å². The molecule has 0 aliphatic carbocycles. The summed E-state index contributed by atoms with van der Waals surface area (Å²) < 4.78 is 7.44. The second-order valence-corrected chi connectivity index (χ2v) is 7.62. The number of aromatic nitrogens is 3. The van der Waals surface area contributed by atoms with Gasteiger partial charge in [-0.25, -0.2) is 9.67 Å². The van der Waals surface area contributed by atoms with Crippen LogP contribution in [0.2, 0.25) is 0 Å². The van der Waals surface area contributed by atoms with E-state index < -0.39 is 0 Å². The van der Waals surface area contributed by atoms with Gasteiger partial charge in [-0.3, -0.25) is 4.99 Å². The smallest absolute Gasteiger partial charge is 0.191 e. The lowest BCUT2D eigenvalue weighted by Crippen LogP contribution is -2.37. The second-order valence-electron chi connectivity index (χ2n) is 7.62. The molecule has 0 fully saturated rings. The van der Waals surface area contributed by atoms with Gasteiger partial charge in [0.25, 0.3) is 0 Å². The molecule has 0 atom stereocenters. The second kappa shape index (κ2) is 15.4. The van der Waals surface area contributed by atoms with Gasteiger partial charge in [0.15, 0.2) is 5.96 Å². The van der Waals surface area contributed by atoms with Crippen molar-refractivity contribution >= 4 is 29.9 Å². The summed E-state index contributed by atoms with van der Waals surface area (Å²) in [7, 11) is 1.80. The highest BCUT2D eigenvalue weighted by Gasteiger charge is 2.06. The minimum atomic E-state index is 0. The van der Waals surface area contributed by atoms with Crippen LogP contribution < -0.4 is 10.6 Å². The molecule has 2 aromatic carbocycles. The van der Waals surface area contributed by atoms with E-state index in [0.29, 0.717) is 6.54 Å². The minimum absolute atomic E-state index is 0. The Morgan fingerprint density at radius 3 is 2.55 bits per heavy atom. The lowest BCUT2D eigenvalue weighted by Gasteiger charge is -2.15. The molecule has 0 saturated heterocycles. The van der Waals surface area contributed by atoms with Gasteiger partial charge in [0.1, 0.15) is 12.7 Å². The molecule has 1 aromatic heterocycles. The van der Waals surface area contributed by atoms with E-state index in [-0.39, 0.29) is 24.0 Å². The molecule has 1 heterocycles. The molecule has 0 unspecified atom stereocenters. The van der Waals surface area contributed by atoms with E-state index in [4.69, 9.17) is 4.74 Å². The molecular weight excluding hydrogens is 527 g/mol. The van der Waals surface area contributed by atoms with E-state index in [2.05, 4.69) is 81.2 Å². The summed E-state index contributed by atoms with van der Waals surface area (Å²) in [6.07, 6.45) is 6.54. The molecule has 0 saturated carbocycles. The Labute approximate surface area is 214 Å². The Morgan fingerprint density at radius 1 is 1.03 bits per heavy atom. The summed E-state index contributed by atoms with van der Waals surface area (Å²) in [5.74, 6) is 0.802. The number of rotatable bonds is 12. The highest BCUT2D eigenvalue weighted by Crippen LogP contribution is 2.24. The standard InChI is InChI=1S/C25H34N6O.HI/c1-3-4-15-32-16-7-14-28-25(26-2)29-17-23-8-5-6-9-24(23)22-12-10-21(11-13-22)18-31-20-27-19-30-31;/h5-6,8-13,19-20H,3-4,7,14-18H2,1-2H3,(H2,26,28,29);1H. The maximum absolute atomic E-state index is 5.61. The molecule has 33 heavy (non-hydrogen) atoms. The lowest BCUT2D eigenvalue weighted by molar-refractivity contribution is 0.129. The van der Waals surface area contributed by atoms with Gasteiger partial charge in [-0.1, -0.05) is 61.9 Å². The zero-order valence-corrected chi connectivity index (χ0v) is 21.9. The molecule has 8 heteroatoms. The van der Waals surface area contributed by atoms with E-state index >= 15 is 0 Å². The summed E-state index contributed by atoms with van der Waals surface area (Å²) in [4.78, 5) is 8.34. The number of hydrogen-bond donors (Lipinski definition) is 2. The average Bonchev–Trinajstić information content (AvgIpc) is 3.34. The molecule has 0 aliphatic heterocycles. The first-order chi connectivity index (χ1) is 15.8. The average molecular weight is 563 g/mol. The summed E-state index contributed by atoms with van der Waals surface area (Å²) in [5, 5.41) is 11.0. The van der Waals surface area contributed by atoms with Gasteiger partial charge < -0.3 is 15.4 Å². The van der Waals surface area contributed by atoms with E-state index in [0.717, 1.165) is 45.1 Å². The topological polar surface area (TPSA) is 76.4 Å². The van der Waals surface area contributed by atoms with E-state index in [9.17, 15) is 0 Å². The number of aliphatic imine (C=N–C) groups is 1. The summed E-state index contributed by atoms with van der Waals surface area (Å²) in [6, 6.07) is 17.1. The zero-order chi connectivity index (χ0) is 22.4. The number of benzene rings is 2. The van der Waals surface area contributed by atoms with Crippen LogP contribution in [0.15, 0.2) is 66.2 Å². The first-order valence-corrected chi connectivity index (χ1v) is 11.3. The minimum Gasteiger partial charge on any atom is -0.381 e. The number of ether oxygens (including phenoxy) is 1. The van der Waals surface area contributed by atoms with Gasteiger partial charge in [0, 0.05) is 33.4 Å². The predicted octanol–water partition coefficient (Wildman–Crippen LogP) is 4.48. The molecule has 0 spiro atoms. The van der Waals surface area contributed by atoms with Crippen molar-refractivity contribution in [3.63, 3.8) is 0 Å². The van der Waals surface area contributed by atoms with Crippen molar-refractivity contribution in [1.29, 1.82) is 0 Å². The van der Waals surface area contributed by atoms with Crippen LogP contribution in [0.3, 0.4) is 0 Å². The molecule has 0 bridgehead atoms. The SMILES string of the molecule is CCCCOCCCNC(=NC)NCc1ccccc1-c1ccc(Cn2cncn2)cc1.I. The third-order valence-electron chi connectivity index (χ3n) is 5.16. The van der Waals surface area contributed by atoms with Gasteiger partial charge in [-0.2, -0.15) is 5.10 Å². The van der Waals surface area contributed by atoms with Crippen LogP contribution in [0, 0.1) is 0 Å². The Bertz CT molecular complexity index is 944. The molecule has 178 valence electrons. The summed E-state index contributed by atoms with van der Waals surface area (Å²) in [6.45, 7) is 6.05. The molecule has 2 N–H and O–H groups in total. The van der Waals surface area contributed by atoms with Crippen LogP contribution in [0.25, 0.3) is 11.1 Å². The van der Waals surface area contributed by atoms with Crippen molar-refractivity contribution in [2.75, 3.05) is 26.8 Å². The van der Waals surface area contributed by atoms with Gasteiger partial charge in [-0.15, -0.1) is 24.0 Å². The Hall–Kier alpha value is -2.46. The van der Waals surface area contributed by atoms with Gasteiger partial charge in [0.05, 0.1) is 6.54 Å². The molecule has 3 aromatic rings. The Balaban J connectivity index is 0.00000385. The van der Waals surface area contributed by atoms with E-state index in [1.807, 2.05) is 4.68 Å². The fourth-order valence-electron chi connectivity index (χ4n) is 3.38. The lowest BCUT2D eigenvalue weighted by atomic mass is 9.98. The number of guanidine groups is 1. The maximum atomic E-state index is 5.61. The monoisotopic (exact) mass is 562 g/mol. The highest BCUT2D eigenvalue weighted by atomic mass is 127. The van der Waals surface area contributed by atoms with Crippen LogP contribution in [0.4, 0.5) is 0 Å². The highest BCUT2D eigenvalue weighted by molar-refractivity contribution is 14.0. The van der Waals surface area contributed by atoms with Crippen LogP contribution in [0.1, 0.15) is 37.3 Å². The van der Waals surface area contributed by atoms with E-state index in [1.165, 1.54) is 28.7 Å². The number of unbranched alkanes of at least 4 members (excludes halogenated alkanes) is 1. The molecule has 0 amide bonds. The van der Waals surface area contributed by atoms with Gasteiger partial charge in [0.2, 0.25) is 0 Å². The number of hydrogen-bond acceptors (Lipinski definition) is 4. The van der Waals surface area contributed by atoms with Crippen LogP contribution >= 0.6 is 24.0 Å². The Morgan fingerprint density at radius 2 is 1.82 bits per heavy atom. The first-order valence-electron chi connectivity index (χ1n) is 11.3. The van der Waals surface area contributed by atoms with Crippen molar-refractivity contribution in [3.8, 4) is 11.1 Å². The molecule has 3 rings (SSSR count). The number of nitrogens with zero attached hydrogens (tertiary/aromatic N) is 4. The van der Waals surface area contributed by atoms with Crippen LogP contribution in [0.5, 0.6) is 0 Å². The molecule has 0 aliphatic rings. The number of halogens is 1. The van der Waals surface area contributed by atoms with Crippen molar-refractivity contribution in [1.82, 2.24) is 25.4 Å². The fraction of sp³-hybridized carbons (Fsp3) is 0.400. The molecule has 7 nitrogen and oxygen atoms in total. The van der Waals surface area contributed by atoms with Gasteiger partial charge in [-0.05, 0) is 35.1 Å².